The Balaban J connectivity index is 1.80. The number of nitrogens with one attached hydrogen (secondary N) is 1. The third-order valence-electron chi connectivity index (χ3n) is 4.05. The number of para-hydroxylation sites is 1. The topological polar surface area (TPSA) is 63.0 Å². The molecule has 4 aromatic rings. The van der Waals surface area contributed by atoms with E-state index in [1.54, 1.807) is 25.1 Å². The molecule has 0 aliphatic heterocycles. The Morgan fingerprint density at radius 1 is 1.19 bits per heavy atom. The molecule has 5 nitrogen and oxygen atoms in total. The molecule has 27 heavy (non-hydrogen) atoms. The number of thiazole rings is 1. The number of aromatic amines is 1. The van der Waals surface area contributed by atoms with Crippen LogP contribution in [0.25, 0.3) is 15.3 Å². The Hall–Kier alpha value is -2.41. The third-order valence-corrected chi connectivity index (χ3v) is 5.51. The molecule has 0 fully saturated rings. The molecular formula is C19H14Cl2N4OS. The minimum absolute atomic E-state index is 0.194. The van der Waals surface area contributed by atoms with Gasteiger partial charge in [-0.1, -0.05) is 46.7 Å². The van der Waals surface area contributed by atoms with Gasteiger partial charge in [0.2, 0.25) is 5.13 Å². The maximum atomic E-state index is 13.0. The molecule has 136 valence electrons. The van der Waals surface area contributed by atoms with Crippen LogP contribution in [0.1, 0.15) is 18.2 Å². The molecule has 0 unspecified atom stereocenters. The largest absolute Gasteiger partial charge is 0.293 e. The number of benzene rings is 2. The lowest BCUT2D eigenvalue weighted by molar-refractivity contribution is 0.829. The van der Waals surface area contributed by atoms with Gasteiger partial charge in [-0.25, -0.2) is 4.98 Å². The Morgan fingerprint density at radius 2 is 1.89 bits per heavy atom. The van der Waals surface area contributed by atoms with E-state index in [0.29, 0.717) is 37.8 Å². The van der Waals surface area contributed by atoms with Crippen LogP contribution in [-0.4, -0.2) is 20.5 Å². The first-order valence-electron chi connectivity index (χ1n) is 8.11. The van der Waals surface area contributed by atoms with Gasteiger partial charge in [0.1, 0.15) is 0 Å². The summed E-state index contributed by atoms with van der Waals surface area (Å²) in [6.07, 6.45) is 0. The van der Waals surface area contributed by atoms with Crippen molar-refractivity contribution in [1.29, 1.82) is 0 Å². The molecule has 2 aromatic heterocycles. The number of rotatable bonds is 3. The van der Waals surface area contributed by atoms with Crippen LogP contribution >= 0.6 is 34.5 Å². The summed E-state index contributed by atoms with van der Waals surface area (Å²) in [6.45, 7) is 3.62. The number of aryl methyl sites for hydroxylation is 1. The van der Waals surface area contributed by atoms with Crippen molar-refractivity contribution in [2.24, 2.45) is 4.99 Å². The number of H-pyrrole nitrogens is 1. The molecular weight excluding hydrogens is 403 g/mol. The third kappa shape index (κ3) is 3.43. The number of aromatic nitrogens is 3. The van der Waals surface area contributed by atoms with Crippen molar-refractivity contribution in [3.63, 3.8) is 0 Å². The second kappa shape index (κ2) is 6.96. The van der Waals surface area contributed by atoms with Crippen LogP contribution in [0.4, 0.5) is 5.69 Å². The number of fused-ring (bicyclic) bond motifs is 1. The molecule has 4 rings (SSSR count). The van der Waals surface area contributed by atoms with E-state index in [2.05, 4.69) is 15.1 Å². The summed E-state index contributed by atoms with van der Waals surface area (Å²) in [6, 6.07) is 12.8. The molecule has 0 aliphatic carbocycles. The molecule has 2 heterocycles. The lowest BCUT2D eigenvalue weighted by Gasteiger charge is -2.00. The van der Waals surface area contributed by atoms with Crippen LogP contribution in [0.15, 0.2) is 52.3 Å². The number of nitrogens with zero attached hydrogens (tertiary/aromatic N) is 3. The Kier molecular flexibility index (Phi) is 4.63. The zero-order valence-corrected chi connectivity index (χ0v) is 16.8. The number of hydrogen-bond donors (Lipinski definition) is 1. The first-order chi connectivity index (χ1) is 12.9. The minimum atomic E-state index is -0.194. The van der Waals surface area contributed by atoms with Crippen molar-refractivity contribution < 1.29 is 0 Å². The molecule has 1 N–H and O–H groups in total. The highest BCUT2D eigenvalue weighted by atomic mass is 35.5. The highest BCUT2D eigenvalue weighted by Gasteiger charge is 2.17. The lowest BCUT2D eigenvalue weighted by Crippen LogP contribution is -2.19. The summed E-state index contributed by atoms with van der Waals surface area (Å²) in [4.78, 5) is 22.1. The lowest BCUT2D eigenvalue weighted by atomic mass is 10.2. The van der Waals surface area contributed by atoms with Crippen LogP contribution < -0.4 is 5.56 Å². The van der Waals surface area contributed by atoms with E-state index in [-0.39, 0.29) is 5.56 Å². The van der Waals surface area contributed by atoms with Crippen LogP contribution in [0.2, 0.25) is 10.0 Å². The molecule has 0 aliphatic rings. The molecule has 2 aromatic carbocycles. The van der Waals surface area contributed by atoms with Crippen LogP contribution in [0.3, 0.4) is 0 Å². The van der Waals surface area contributed by atoms with Crippen LogP contribution in [-0.2, 0) is 0 Å². The molecule has 0 bridgehead atoms. The summed E-state index contributed by atoms with van der Waals surface area (Å²) in [5.74, 6) is 0. The van der Waals surface area contributed by atoms with E-state index in [4.69, 9.17) is 23.2 Å². The van der Waals surface area contributed by atoms with Crippen LogP contribution in [0.5, 0.6) is 0 Å². The minimum Gasteiger partial charge on any atom is -0.293 e. The maximum Gasteiger partial charge on any atom is 0.282 e. The molecule has 0 saturated heterocycles. The van der Waals surface area contributed by atoms with Crippen molar-refractivity contribution in [2.45, 2.75) is 13.8 Å². The second-order valence-electron chi connectivity index (χ2n) is 6.04. The van der Waals surface area contributed by atoms with Gasteiger partial charge < -0.3 is 0 Å². The number of halogens is 2. The normalized spacial score (nSPS) is 12.1. The molecule has 0 radical (unpaired) electrons. The van der Waals surface area contributed by atoms with Gasteiger partial charge >= 0.3 is 0 Å². The van der Waals surface area contributed by atoms with Gasteiger partial charge in [-0.15, -0.1) is 0 Å². The van der Waals surface area contributed by atoms with Gasteiger partial charge in [0, 0.05) is 15.7 Å². The average Bonchev–Trinajstić information content (AvgIpc) is 3.14. The van der Waals surface area contributed by atoms with Gasteiger partial charge in [-0.05, 0) is 44.2 Å². The number of aliphatic imine (C=N–C) groups is 1. The van der Waals surface area contributed by atoms with E-state index in [1.807, 2.05) is 31.2 Å². The summed E-state index contributed by atoms with van der Waals surface area (Å²) < 4.78 is 2.48. The van der Waals surface area contributed by atoms with Crippen molar-refractivity contribution in [1.82, 2.24) is 14.8 Å². The standard InChI is InChI=1S/C19H14Cl2N4OS/c1-10(22-14-8-12(20)7-13(21)9-14)17-11(2)24-25(18(17)26)19-23-15-5-3-4-6-16(15)27-19/h3-9,24H,1-2H3. The van der Waals surface area contributed by atoms with E-state index in [0.717, 1.165) is 10.2 Å². The Morgan fingerprint density at radius 3 is 2.59 bits per heavy atom. The van der Waals surface area contributed by atoms with Crippen LogP contribution in [0, 0.1) is 6.92 Å². The monoisotopic (exact) mass is 416 g/mol. The predicted molar refractivity (Wildman–Crippen MR) is 113 cm³/mol. The van der Waals surface area contributed by atoms with E-state index < -0.39 is 0 Å². The first-order valence-corrected chi connectivity index (χ1v) is 9.69. The second-order valence-corrected chi connectivity index (χ2v) is 7.92. The van der Waals surface area contributed by atoms with Crippen molar-refractivity contribution in [3.8, 4) is 5.13 Å². The summed E-state index contributed by atoms with van der Waals surface area (Å²) in [7, 11) is 0. The number of hydrogen-bond acceptors (Lipinski definition) is 4. The van der Waals surface area contributed by atoms with Gasteiger partial charge in [-0.2, -0.15) is 4.68 Å². The first kappa shape index (κ1) is 18.0. The SMILES string of the molecule is CC(=Nc1cc(Cl)cc(Cl)c1)c1c(C)[nH]n(-c2nc3ccccc3s2)c1=O. The zero-order chi connectivity index (χ0) is 19.1. The molecule has 8 heteroatoms. The van der Waals surface area contributed by atoms with Gasteiger partial charge in [-0.3, -0.25) is 14.9 Å². The zero-order valence-electron chi connectivity index (χ0n) is 14.5. The summed E-state index contributed by atoms with van der Waals surface area (Å²) >= 11 is 13.5. The van der Waals surface area contributed by atoms with Crippen molar-refractivity contribution in [3.05, 3.63) is 74.1 Å². The predicted octanol–water partition coefficient (Wildman–Crippen LogP) is 5.53. The smallest absolute Gasteiger partial charge is 0.282 e. The quantitative estimate of drug-likeness (QED) is 0.446. The van der Waals surface area contributed by atoms with E-state index in [9.17, 15) is 4.79 Å². The average molecular weight is 417 g/mol. The Bertz CT molecular complexity index is 1200. The molecule has 0 spiro atoms. The molecule has 0 saturated carbocycles. The van der Waals surface area contributed by atoms with E-state index in [1.165, 1.54) is 16.0 Å². The van der Waals surface area contributed by atoms with Gasteiger partial charge in [0.15, 0.2) is 0 Å². The van der Waals surface area contributed by atoms with Gasteiger partial charge in [0.25, 0.3) is 5.56 Å². The fourth-order valence-corrected chi connectivity index (χ4v) is 4.36. The van der Waals surface area contributed by atoms with Gasteiger partial charge in [0.05, 0.1) is 27.2 Å². The Labute approximate surface area is 168 Å². The highest BCUT2D eigenvalue weighted by Crippen LogP contribution is 2.26. The van der Waals surface area contributed by atoms with Crippen molar-refractivity contribution in [2.75, 3.05) is 0 Å². The van der Waals surface area contributed by atoms with E-state index >= 15 is 0 Å². The maximum absolute atomic E-state index is 13.0. The summed E-state index contributed by atoms with van der Waals surface area (Å²) in [5, 5.41) is 4.68. The highest BCUT2D eigenvalue weighted by molar-refractivity contribution is 7.20. The molecule has 0 amide bonds. The summed E-state index contributed by atoms with van der Waals surface area (Å²) in [5.41, 5.74) is 3.06. The molecule has 0 atom stereocenters. The van der Waals surface area contributed by atoms with Crippen molar-refractivity contribution >= 4 is 56.2 Å². The fraction of sp³-hybridized carbons (Fsp3) is 0.105. The fourth-order valence-electron chi connectivity index (χ4n) is 2.92.